The van der Waals surface area contributed by atoms with Gasteiger partial charge in [0.25, 0.3) is 11.2 Å². The average molecular weight is 468 g/mol. The van der Waals surface area contributed by atoms with Gasteiger partial charge >= 0.3 is 10.3 Å². The molecule has 0 aliphatic carbocycles. The molecule has 0 bridgehead atoms. The summed E-state index contributed by atoms with van der Waals surface area (Å²) in [6.07, 6.45) is -1.14. The van der Waals surface area contributed by atoms with Crippen LogP contribution in [-0.2, 0) is 15.0 Å². The molecule has 3 heterocycles. The molecule has 170 valence electrons. The smallest absolute Gasteiger partial charge is 0.371 e. The summed E-state index contributed by atoms with van der Waals surface area (Å²) in [7, 11) is -4.31. The van der Waals surface area contributed by atoms with Crippen molar-refractivity contribution in [3.8, 4) is 5.75 Å². The third-order valence-corrected chi connectivity index (χ3v) is 5.96. The zero-order valence-electron chi connectivity index (χ0n) is 16.4. The van der Waals surface area contributed by atoms with Gasteiger partial charge < -0.3 is 13.9 Å². The standard InChI is InChI=1S/C17H17FN6O7S/c1-9-12(6-22-32(28,29)31-11-4-2-10(3-5-11)24(26)27)30-17(13(9)18)23-8-21-14-15(23)19-7-20-16(14)25/h2-5,7-9,12-13,17,22H,6H2,1H3,(H,19,20,25)/t9-,12-,13-,17-/m1/s1. The Bertz CT molecular complexity index is 1310. The molecule has 2 N–H and O–H groups in total. The van der Waals surface area contributed by atoms with Gasteiger partial charge in [-0.15, -0.1) is 0 Å². The van der Waals surface area contributed by atoms with Crippen LogP contribution in [0.3, 0.4) is 0 Å². The zero-order valence-corrected chi connectivity index (χ0v) is 17.2. The van der Waals surface area contributed by atoms with Gasteiger partial charge in [-0.25, -0.2) is 14.4 Å². The Balaban J connectivity index is 1.43. The van der Waals surface area contributed by atoms with Gasteiger partial charge in [0.1, 0.15) is 5.75 Å². The summed E-state index contributed by atoms with van der Waals surface area (Å²) >= 11 is 0. The third kappa shape index (κ3) is 4.17. The van der Waals surface area contributed by atoms with Gasteiger partial charge in [0.15, 0.2) is 23.6 Å². The van der Waals surface area contributed by atoms with E-state index in [0.717, 1.165) is 30.6 Å². The zero-order chi connectivity index (χ0) is 23.0. The molecule has 3 aromatic rings. The SMILES string of the molecule is C[C@H]1[C@@H](F)[C@H](n2cnc3c(=O)[nH]cnc32)O[C@@H]1CNS(=O)(=O)Oc1ccc([N+](=O)[O-])cc1. The summed E-state index contributed by atoms with van der Waals surface area (Å²) in [5.74, 6) is -0.840. The fourth-order valence-electron chi connectivity index (χ4n) is 3.31. The monoisotopic (exact) mass is 468 g/mol. The quantitative estimate of drug-likeness (QED) is 0.376. The second kappa shape index (κ2) is 8.25. The number of nitro benzene ring substituents is 1. The second-order valence-electron chi connectivity index (χ2n) is 7.06. The summed E-state index contributed by atoms with van der Waals surface area (Å²) < 4.78 is 53.4. The van der Waals surface area contributed by atoms with Gasteiger partial charge in [-0.3, -0.25) is 19.5 Å². The van der Waals surface area contributed by atoms with Crippen molar-refractivity contribution in [1.29, 1.82) is 0 Å². The van der Waals surface area contributed by atoms with E-state index in [2.05, 4.69) is 19.7 Å². The molecule has 2 aromatic heterocycles. The molecule has 1 aliphatic heterocycles. The van der Waals surface area contributed by atoms with E-state index in [1.54, 1.807) is 6.92 Å². The lowest BCUT2D eigenvalue weighted by Crippen LogP contribution is -2.37. The lowest BCUT2D eigenvalue weighted by atomic mass is 10.0. The number of aromatic nitrogens is 4. The summed E-state index contributed by atoms with van der Waals surface area (Å²) in [6, 6.07) is 4.47. The van der Waals surface area contributed by atoms with Crippen molar-refractivity contribution in [2.75, 3.05) is 6.54 Å². The van der Waals surface area contributed by atoms with E-state index in [4.69, 9.17) is 8.92 Å². The van der Waals surface area contributed by atoms with Crippen LogP contribution >= 0.6 is 0 Å². The molecule has 13 nitrogen and oxygen atoms in total. The minimum absolute atomic E-state index is 0.0246. The maximum Gasteiger partial charge on any atom is 0.382 e. The number of non-ortho nitro benzene ring substituents is 1. The number of H-pyrrole nitrogens is 1. The first-order valence-corrected chi connectivity index (χ1v) is 10.7. The molecule has 15 heteroatoms. The lowest BCUT2D eigenvalue weighted by molar-refractivity contribution is -0.384. The first-order chi connectivity index (χ1) is 15.2. The molecule has 4 rings (SSSR count). The number of alkyl halides is 1. The number of rotatable bonds is 7. The molecule has 0 spiro atoms. The van der Waals surface area contributed by atoms with Gasteiger partial charge in [0, 0.05) is 24.6 Å². The molecule has 1 aliphatic rings. The summed E-state index contributed by atoms with van der Waals surface area (Å²) in [6.45, 7) is 1.26. The number of hydrogen-bond donors (Lipinski definition) is 2. The number of nitro groups is 1. The van der Waals surface area contributed by atoms with Crippen molar-refractivity contribution >= 4 is 27.2 Å². The van der Waals surface area contributed by atoms with Crippen LogP contribution in [0, 0.1) is 16.0 Å². The van der Waals surface area contributed by atoms with Crippen LogP contribution in [0.5, 0.6) is 5.75 Å². The van der Waals surface area contributed by atoms with Crippen LogP contribution in [0.15, 0.2) is 41.7 Å². The third-order valence-electron chi connectivity index (χ3n) is 5.03. The van der Waals surface area contributed by atoms with Gasteiger partial charge in [-0.05, 0) is 12.1 Å². The maximum absolute atomic E-state index is 14.9. The van der Waals surface area contributed by atoms with Crippen molar-refractivity contribution in [2.45, 2.75) is 25.4 Å². The number of halogens is 1. The Hall–Kier alpha value is -3.43. The predicted octanol–water partition coefficient (Wildman–Crippen LogP) is 0.813. The minimum Gasteiger partial charge on any atom is -0.371 e. The van der Waals surface area contributed by atoms with Gasteiger partial charge in [-0.1, -0.05) is 6.92 Å². The second-order valence-corrected chi connectivity index (χ2v) is 8.42. The Morgan fingerprint density at radius 3 is 2.75 bits per heavy atom. The molecule has 1 saturated heterocycles. The number of hydrogen-bond acceptors (Lipinski definition) is 9. The summed E-state index contributed by atoms with van der Waals surface area (Å²) in [5.41, 5.74) is -0.546. The summed E-state index contributed by atoms with van der Waals surface area (Å²) in [4.78, 5) is 32.1. The van der Waals surface area contributed by atoms with Crippen molar-refractivity contribution in [3.63, 3.8) is 0 Å². The highest BCUT2D eigenvalue weighted by Crippen LogP contribution is 2.37. The molecule has 0 radical (unpaired) electrons. The van der Waals surface area contributed by atoms with E-state index < -0.39 is 45.2 Å². The van der Waals surface area contributed by atoms with Crippen molar-refractivity contribution in [1.82, 2.24) is 24.2 Å². The minimum atomic E-state index is -4.31. The largest absolute Gasteiger partial charge is 0.382 e. The number of ether oxygens (including phenoxy) is 1. The van der Waals surface area contributed by atoms with Gasteiger partial charge in [0.05, 0.1) is 23.7 Å². The van der Waals surface area contributed by atoms with E-state index in [0.29, 0.717) is 0 Å². The number of nitrogens with one attached hydrogen (secondary N) is 2. The Labute approximate surface area is 179 Å². The number of imidazole rings is 1. The predicted molar refractivity (Wildman–Crippen MR) is 107 cm³/mol. The number of benzene rings is 1. The molecule has 32 heavy (non-hydrogen) atoms. The first kappa shape index (κ1) is 21.8. The molecule has 0 unspecified atom stereocenters. The first-order valence-electron chi connectivity index (χ1n) is 9.29. The van der Waals surface area contributed by atoms with E-state index in [1.807, 2.05) is 0 Å². The summed E-state index contributed by atoms with van der Waals surface area (Å²) in [5, 5.41) is 10.7. The van der Waals surface area contributed by atoms with E-state index in [-0.39, 0.29) is 29.1 Å². The molecule has 4 atom stereocenters. The van der Waals surface area contributed by atoms with E-state index >= 15 is 0 Å². The lowest BCUT2D eigenvalue weighted by Gasteiger charge is -2.16. The van der Waals surface area contributed by atoms with Crippen LogP contribution < -0.4 is 14.5 Å². The highest BCUT2D eigenvalue weighted by molar-refractivity contribution is 7.85. The van der Waals surface area contributed by atoms with Crippen LogP contribution in [0.4, 0.5) is 10.1 Å². The van der Waals surface area contributed by atoms with Crippen LogP contribution in [0.25, 0.3) is 11.2 Å². The van der Waals surface area contributed by atoms with Crippen molar-refractivity contribution < 1.29 is 26.7 Å². The fourth-order valence-corrected chi connectivity index (χ4v) is 4.10. The van der Waals surface area contributed by atoms with Gasteiger partial charge in [0.2, 0.25) is 0 Å². The van der Waals surface area contributed by atoms with E-state index in [9.17, 15) is 27.7 Å². The number of nitrogens with zero attached hydrogens (tertiary/aromatic N) is 4. The molecule has 1 aromatic carbocycles. The van der Waals surface area contributed by atoms with E-state index in [1.165, 1.54) is 10.9 Å². The number of fused-ring (bicyclic) bond motifs is 1. The Morgan fingerprint density at radius 1 is 1.34 bits per heavy atom. The van der Waals surface area contributed by atoms with Crippen LogP contribution in [0.1, 0.15) is 13.2 Å². The highest BCUT2D eigenvalue weighted by atomic mass is 32.2. The highest BCUT2D eigenvalue weighted by Gasteiger charge is 2.44. The molecule has 0 amide bonds. The molecule has 1 fully saturated rings. The Morgan fingerprint density at radius 2 is 2.06 bits per heavy atom. The number of aromatic amines is 1. The molecular formula is C17H17FN6O7S. The van der Waals surface area contributed by atoms with Crippen molar-refractivity contribution in [2.24, 2.45) is 5.92 Å². The van der Waals surface area contributed by atoms with Crippen molar-refractivity contribution in [3.05, 3.63) is 57.4 Å². The average Bonchev–Trinajstić information content (AvgIpc) is 3.29. The maximum atomic E-state index is 14.9. The normalized spacial score (nSPS) is 23.4. The Kier molecular flexibility index (Phi) is 5.62. The molecular weight excluding hydrogens is 451 g/mol. The van der Waals surface area contributed by atoms with Gasteiger partial charge in [-0.2, -0.15) is 13.1 Å². The topological polar surface area (TPSA) is 171 Å². The molecule has 0 saturated carbocycles. The fraction of sp³-hybridized carbons (Fsp3) is 0.353. The van der Waals surface area contributed by atoms with Crippen LogP contribution in [0.2, 0.25) is 0 Å². The van der Waals surface area contributed by atoms with Crippen LogP contribution in [-0.4, -0.2) is 51.7 Å².